The Labute approximate surface area is 209 Å². The molecule has 1 rings (SSSR count). The number of nitrogens with two attached hydrogens (primary N) is 2. The number of amides is 1. The molecule has 2 atom stereocenters. The van der Waals surface area contributed by atoms with E-state index in [0.29, 0.717) is 25.1 Å². The van der Waals surface area contributed by atoms with Crippen LogP contribution in [-0.4, -0.2) is 44.1 Å². The Bertz CT molecular complexity index is 914. The fraction of sp³-hybridized carbons (Fsp3) is 0.444. The van der Waals surface area contributed by atoms with E-state index in [1.807, 2.05) is 18.2 Å². The largest absolute Gasteiger partial charge is 0.484 e. The maximum absolute atomic E-state index is 12.3. The number of methoxy groups -OCH3 is 1. The normalized spacial score (nSPS) is 13.3. The van der Waals surface area contributed by atoms with E-state index in [1.54, 1.807) is 12.1 Å². The molecule has 1 unspecified atom stereocenters. The monoisotopic (exact) mass is 484 g/mol. The van der Waals surface area contributed by atoms with E-state index in [2.05, 4.69) is 55.9 Å². The van der Waals surface area contributed by atoms with Crippen LogP contribution in [0.1, 0.15) is 52.0 Å². The molecule has 0 saturated heterocycles. The number of carbonyl (C=O) groups excluding carboxylic acids is 2. The van der Waals surface area contributed by atoms with Gasteiger partial charge in [0.15, 0.2) is 12.6 Å². The van der Waals surface area contributed by atoms with Crippen LogP contribution in [0.3, 0.4) is 0 Å². The van der Waals surface area contributed by atoms with Gasteiger partial charge >= 0.3 is 5.97 Å². The first-order valence-electron chi connectivity index (χ1n) is 11.7. The van der Waals surface area contributed by atoms with Gasteiger partial charge in [-0.2, -0.15) is 0 Å². The van der Waals surface area contributed by atoms with Gasteiger partial charge in [0.05, 0.1) is 7.11 Å². The molecular formula is C27H40N4O4. The first-order valence-corrected chi connectivity index (χ1v) is 11.7. The van der Waals surface area contributed by atoms with Crippen molar-refractivity contribution in [2.75, 3.05) is 20.3 Å². The third-order valence-electron chi connectivity index (χ3n) is 5.37. The number of benzene rings is 1. The summed E-state index contributed by atoms with van der Waals surface area (Å²) >= 11 is 0. The van der Waals surface area contributed by atoms with Gasteiger partial charge in [-0.1, -0.05) is 48.9 Å². The van der Waals surface area contributed by atoms with Crippen LogP contribution >= 0.6 is 0 Å². The van der Waals surface area contributed by atoms with Crippen molar-refractivity contribution < 1.29 is 19.1 Å². The summed E-state index contributed by atoms with van der Waals surface area (Å²) in [5.74, 6) is -0.432. The number of aliphatic imine (C=N–C) groups is 1. The maximum Gasteiger partial charge on any atom is 0.328 e. The number of nitrogens with zero attached hydrogens (tertiary/aromatic N) is 1. The highest BCUT2D eigenvalue weighted by Gasteiger charge is 2.21. The standard InChI is InChI=1S/C27H40N4O4/c1-6-27(4,16-7-9-20(2)3)17-15-21-11-13-22(14-12-21)35-19-24(32)31-23(25(33)34-5)10-8-18-30-26(28)29/h6,9,11-15,17,23H,1,7-8,10,16,18-19H2,2-5H3,(H,31,32)(H4,28,29,30)/b17-15+/t23?,27-/m0/s1. The molecule has 192 valence electrons. The average Bonchev–Trinajstić information content (AvgIpc) is 2.83. The lowest BCUT2D eigenvalue weighted by Gasteiger charge is -2.20. The minimum absolute atomic E-state index is 0.0206. The first-order chi connectivity index (χ1) is 16.6. The molecule has 0 bridgehead atoms. The van der Waals surface area contributed by atoms with Crippen LogP contribution in [0.2, 0.25) is 0 Å². The van der Waals surface area contributed by atoms with Crippen LogP contribution in [0.25, 0.3) is 6.08 Å². The van der Waals surface area contributed by atoms with Crippen molar-refractivity contribution in [2.45, 2.75) is 52.5 Å². The number of allylic oxidation sites excluding steroid dienone is 4. The molecule has 0 fully saturated rings. The minimum Gasteiger partial charge on any atom is -0.484 e. The number of ether oxygens (including phenoxy) is 2. The summed E-state index contributed by atoms with van der Waals surface area (Å²) in [4.78, 5) is 28.1. The zero-order valence-corrected chi connectivity index (χ0v) is 21.4. The van der Waals surface area contributed by atoms with Crippen molar-refractivity contribution >= 4 is 23.9 Å². The predicted octanol–water partition coefficient (Wildman–Crippen LogP) is 3.73. The Morgan fingerprint density at radius 2 is 1.91 bits per heavy atom. The molecule has 1 aromatic carbocycles. The molecule has 0 aliphatic rings. The van der Waals surface area contributed by atoms with E-state index in [-0.39, 0.29) is 18.0 Å². The number of guanidine groups is 1. The number of esters is 1. The maximum atomic E-state index is 12.3. The van der Waals surface area contributed by atoms with Gasteiger partial charge in [0.1, 0.15) is 11.8 Å². The Balaban J connectivity index is 2.61. The highest BCUT2D eigenvalue weighted by molar-refractivity contribution is 5.85. The molecule has 35 heavy (non-hydrogen) atoms. The molecule has 0 heterocycles. The Morgan fingerprint density at radius 1 is 1.23 bits per heavy atom. The van der Waals surface area contributed by atoms with Gasteiger partial charge in [-0.3, -0.25) is 9.79 Å². The first kappa shape index (κ1) is 29.5. The van der Waals surface area contributed by atoms with Gasteiger partial charge in [0, 0.05) is 12.0 Å². The third kappa shape index (κ3) is 12.5. The van der Waals surface area contributed by atoms with E-state index in [9.17, 15) is 9.59 Å². The van der Waals surface area contributed by atoms with Crippen molar-refractivity contribution in [3.8, 4) is 5.75 Å². The third-order valence-corrected chi connectivity index (χ3v) is 5.37. The summed E-state index contributed by atoms with van der Waals surface area (Å²) in [6.07, 6.45) is 11.2. The molecule has 0 aliphatic carbocycles. The highest BCUT2D eigenvalue weighted by Crippen LogP contribution is 2.28. The van der Waals surface area contributed by atoms with Crippen molar-refractivity contribution in [3.05, 3.63) is 60.2 Å². The summed E-state index contributed by atoms with van der Waals surface area (Å²) in [6, 6.07) is 6.64. The summed E-state index contributed by atoms with van der Waals surface area (Å²) < 4.78 is 10.3. The van der Waals surface area contributed by atoms with Crippen LogP contribution in [0.4, 0.5) is 0 Å². The highest BCUT2D eigenvalue weighted by atomic mass is 16.5. The van der Waals surface area contributed by atoms with Crippen LogP contribution in [0.5, 0.6) is 5.75 Å². The lowest BCUT2D eigenvalue weighted by atomic mass is 9.84. The smallest absolute Gasteiger partial charge is 0.328 e. The number of hydrogen-bond donors (Lipinski definition) is 3. The summed E-state index contributed by atoms with van der Waals surface area (Å²) in [5.41, 5.74) is 12.8. The molecule has 8 nitrogen and oxygen atoms in total. The van der Waals surface area contributed by atoms with Gasteiger partial charge in [-0.25, -0.2) is 4.79 Å². The number of nitrogens with one attached hydrogen (secondary N) is 1. The van der Waals surface area contributed by atoms with Gasteiger partial charge in [-0.05, 0) is 57.2 Å². The Morgan fingerprint density at radius 3 is 2.49 bits per heavy atom. The van der Waals surface area contributed by atoms with E-state index in [1.165, 1.54) is 12.7 Å². The quantitative estimate of drug-likeness (QED) is 0.114. The topological polar surface area (TPSA) is 129 Å². The van der Waals surface area contributed by atoms with Crippen molar-refractivity contribution in [3.63, 3.8) is 0 Å². The molecule has 5 N–H and O–H groups in total. The molecule has 0 saturated carbocycles. The van der Waals surface area contributed by atoms with Gasteiger partial charge in [-0.15, -0.1) is 6.58 Å². The van der Waals surface area contributed by atoms with Crippen molar-refractivity contribution in [1.29, 1.82) is 0 Å². The van der Waals surface area contributed by atoms with Crippen LogP contribution in [-0.2, 0) is 14.3 Å². The van der Waals surface area contributed by atoms with Crippen molar-refractivity contribution in [1.82, 2.24) is 5.32 Å². The second kappa shape index (κ2) is 15.4. The molecule has 1 aromatic rings. The number of carbonyl (C=O) groups is 2. The summed E-state index contributed by atoms with van der Waals surface area (Å²) in [5, 5.41) is 2.63. The fourth-order valence-corrected chi connectivity index (χ4v) is 3.17. The molecule has 0 radical (unpaired) electrons. The van der Waals surface area contributed by atoms with E-state index in [4.69, 9.17) is 20.9 Å². The summed E-state index contributed by atoms with van der Waals surface area (Å²) in [6.45, 7) is 10.5. The van der Waals surface area contributed by atoms with Crippen LogP contribution in [0, 0.1) is 5.41 Å². The van der Waals surface area contributed by atoms with Crippen molar-refractivity contribution in [2.24, 2.45) is 21.9 Å². The van der Waals surface area contributed by atoms with Crippen LogP contribution in [0.15, 0.2) is 59.6 Å². The molecular weight excluding hydrogens is 444 g/mol. The SMILES string of the molecule is C=C[C@](C)(/C=C/c1ccc(OCC(=O)NC(CCCN=C(N)N)C(=O)OC)cc1)CCC=C(C)C. The second-order valence-corrected chi connectivity index (χ2v) is 8.81. The lowest BCUT2D eigenvalue weighted by Crippen LogP contribution is -2.43. The van der Waals surface area contributed by atoms with Crippen LogP contribution < -0.4 is 21.5 Å². The Hall–Kier alpha value is -3.55. The van der Waals surface area contributed by atoms with E-state index in [0.717, 1.165) is 18.4 Å². The van der Waals surface area contributed by atoms with E-state index < -0.39 is 17.9 Å². The average molecular weight is 485 g/mol. The second-order valence-electron chi connectivity index (χ2n) is 8.81. The molecule has 0 spiro atoms. The summed E-state index contributed by atoms with van der Waals surface area (Å²) in [7, 11) is 1.27. The predicted molar refractivity (Wildman–Crippen MR) is 142 cm³/mol. The molecule has 0 aromatic heterocycles. The molecule has 8 heteroatoms. The zero-order chi connectivity index (χ0) is 26.3. The minimum atomic E-state index is -0.797. The number of rotatable bonds is 15. The molecule has 0 aliphatic heterocycles. The molecule has 1 amide bonds. The zero-order valence-electron chi connectivity index (χ0n) is 21.4. The lowest BCUT2D eigenvalue weighted by molar-refractivity contribution is -0.145. The fourth-order valence-electron chi connectivity index (χ4n) is 3.17. The number of hydrogen-bond acceptors (Lipinski definition) is 5. The van der Waals surface area contributed by atoms with Gasteiger partial charge in [0.2, 0.25) is 0 Å². The van der Waals surface area contributed by atoms with Gasteiger partial charge < -0.3 is 26.3 Å². The van der Waals surface area contributed by atoms with E-state index >= 15 is 0 Å². The Kier molecular flexibility index (Phi) is 12.9. The van der Waals surface area contributed by atoms with Gasteiger partial charge in [0.25, 0.3) is 5.91 Å².